The molecule has 0 aliphatic rings. The van der Waals surface area contributed by atoms with Gasteiger partial charge in [-0.25, -0.2) is 4.79 Å². The Morgan fingerprint density at radius 3 is 2.10 bits per heavy atom. The highest BCUT2D eigenvalue weighted by molar-refractivity contribution is 5.92. The van der Waals surface area contributed by atoms with Crippen LogP contribution in [0.3, 0.4) is 0 Å². The zero-order valence-corrected chi connectivity index (χ0v) is 26.9. The van der Waals surface area contributed by atoms with Crippen LogP contribution in [0, 0.1) is 12.8 Å². The second kappa shape index (κ2) is 17.6. The number of aryl methyl sites for hydroxylation is 1. The van der Waals surface area contributed by atoms with Gasteiger partial charge in [-0.2, -0.15) is 0 Å². The largest absolute Gasteiger partial charge is 0.444 e. The van der Waals surface area contributed by atoms with E-state index in [0.717, 1.165) is 48.8 Å². The van der Waals surface area contributed by atoms with Gasteiger partial charge in [0.25, 0.3) is 0 Å². The van der Waals surface area contributed by atoms with Crippen molar-refractivity contribution in [3.05, 3.63) is 71.3 Å². The van der Waals surface area contributed by atoms with Gasteiger partial charge in [-0.15, -0.1) is 0 Å². The van der Waals surface area contributed by atoms with Gasteiger partial charge in [0, 0.05) is 13.1 Å². The van der Waals surface area contributed by atoms with Gasteiger partial charge in [0.05, 0.1) is 0 Å². The van der Waals surface area contributed by atoms with Crippen molar-refractivity contribution in [2.24, 2.45) is 5.92 Å². The van der Waals surface area contributed by atoms with E-state index in [1.165, 1.54) is 6.42 Å². The molecule has 0 saturated carbocycles. The minimum absolute atomic E-state index is 0.164. The molecule has 0 spiro atoms. The van der Waals surface area contributed by atoms with E-state index in [1.807, 2.05) is 75.4 Å². The molecule has 0 aliphatic carbocycles. The molecule has 3 amide bonds. The maximum atomic E-state index is 14.4. The molecule has 0 aliphatic heterocycles. The van der Waals surface area contributed by atoms with E-state index in [2.05, 4.69) is 17.6 Å². The van der Waals surface area contributed by atoms with Crippen LogP contribution >= 0.6 is 0 Å². The number of nitrogens with one attached hydrogen (secondary N) is 2. The Balaban J connectivity index is 2.45. The minimum atomic E-state index is -0.843. The molecule has 2 rings (SSSR count). The molecule has 0 bridgehead atoms. The van der Waals surface area contributed by atoms with Crippen LogP contribution in [-0.4, -0.2) is 41.0 Å². The molecule has 7 heteroatoms. The monoisotopic (exact) mass is 579 g/mol. The summed E-state index contributed by atoms with van der Waals surface area (Å²) in [6.45, 7) is 14.3. The molecular formula is C35H53N3O4. The highest BCUT2D eigenvalue weighted by Crippen LogP contribution is 2.26. The van der Waals surface area contributed by atoms with E-state index in [9.17, 15) is 14.4 Å². The molecule has 3 unspecified atom stereocenters. The van der Waals surface area contributed by atoms with E-state index < -0.39 is 23.8 Å². The summed E-state index contributed by atoms with van der Waals surface area (Å²) >= 11 is 0. The summed E-state index contributed by atoms with van der Waals surface area (Å²) in [6, 6.07) is 15.8. The molecule has 0 heterocycles. The summed E-state index contributed by atoms with van der Waals surface area (Å²) in [4.78, 5) is 43.0. The predicted octanol–water partition coefficient (Wildman–Crippen LogP) is 7.48. The molecule has 3 atom stereocenters. The number of hydrogen-bond acceptors (Lipinski definition) is 4. The third-order valence-corrected chi connectivity index (χ3v) is 7.45. The lowest BCUT2D eigenvalue weighted by molar-refractivity contribution is -0.143. The van der Waals surface area contributed by atoms with Crippen molar-refractivity contribution in [3.63, 3.8) is 0 Å². The van der Waals surface area contributed by atoms with Crippen molar-refractivity contribution >= 4 is 17.9 Å². The maximum absolute atomic E-state index is 14.4. The van der Waals surface area contributed by atoms with Gasteiger partial charge < -0.3 is 20.3 Å². The zero-order valence-electron chi connectivity index (χ0n) is 26.9. The fourth-order valence-corrected chi connectivity index (χ4v) is 4.83. The Bertz CT molecular complexity index is 1100. The van der Waals surface area contributed by atoms with Crippen LogP contribution in [0.5, 0.6) is 0 Å². The van der Waals surface area contributed by atoms with E-state index in [-0.39, 0.29) is 17.7 Å². The second-order valence-corrected chi connectivity index (χ2v) is 12.3. The molecule has 232 valence electrons. The first kappa shape index (κ1) is 34.8. The number of ether oxygens (including phenoxy) is 1. The Morgan fingerprint density at radius 2 is 1.50 bits per heavy atom. The van der Waals surface area contributed by atoms with Crippen molar-refractivity contribution in [2.45, 2.75) is 118 Å². The van der Waals surface area contributed by atoms with Crippen LogP contribution in [0.1, 0.15) is 109 Å². The molecule has 2 N–H and O–H groups in total. The van der Waals surface area contributed by atoms with Gasteiger partial charge in [0.1, 0.15) is 17.7 Å². The van der Waals surface area contributed by atoms with Crippen LogP contribution in [-0.2, 0) is 20.9 Å². The number of benzene rings is 2. The highest BCUT2D eigenvalue weighted by Gasteiger charge is 2.37. The molecule has 7 nitrogen and oxygen atoms in total. The van der Waals surface area contributed by atoms with E-state index in [1.54, 1.807) is 25.7 Å². The highest BCUT2D eigenvalue weighted by atomic mass is 16.6. The summed E-state index contributed by atoms with van der Waals surface area (Å²) in [5.41, 5.74) is 2.09. The lowest BCUT2D eigenvalue weighted by atomic mass is 9.95. The Hall–Kier alpha value is -3.35. The normalized spacial score (nSPS) is 13.5. The number of alkyl carbamates (subject to hydrolysis) is 1. The first-order valence-corrected chi connectivity index (χ1v) is 15.6. The van der Waals surface area contributed by atoms with Crippen molar-refractivity contribution in [2.75, 3.05) is 6.54 Å². The average Bonchev–Trinajstić information content (AvgIpc) is 2.95. The number of carbonyl (C=O) groups is 3. The lowest BCUT2D eigenvalue weighted by Gasteiger charge is -2.36. The van der Waals surface area contributed by atoms with E-state index >= 15 is 0 Å². The summed E-state index contributed by atoms with van der Waals surface area (Å²) in [7, 11) is 0. The van der Waals surface area contributed by atoms with Gasteiger partial charge in [0.2, 0.25) is 11.8 Å². The number of nitrogens with zero attached hydrogens (tertiary/aromatic N) is 1. The van der Waals surface area contributed by atoms with Crippen LogP contribution in [0.4, 0.5) is 4.79 Å². The molecule has 0 fully saturated rings. The smallest absolute Gasteiger partial charge is 0.408 e. The fraction of sp³-hybridized carbons (Fsp3) is 0.571. The summed E-state index contributed by atoms with van der Waals surface area (Å²) in [5.74, 6) is -0.686. The first-order chi connectivity index (χ1) is 20.0. The third-order valence-electron chi connectivity index (χ3n) is 7.45. The summed E-state index contributed by atoms with van der Waals surface area (Å²) in [6.07, 6.45) is 6.34. The van der Waals surface area contributed by atoms with Gasteiger partial charge >= 0.3 is 6.09 Å². The predicted molar refractivity (Wildman–Crippen MR) is 170 cm³/mol. The van der Waals surface area contributed by atoms with Gasteiger partial charge in [-0.3, -0.25) is 9.59 Å². The van der Waals surface area contributed by atoms with Crippen LogP contribution < -0.4 is 10.6 Å². The van der Waals surface area contributed by atoms with Gasteiger partial charge in [-0.1, -0.05) is 119 Å². The summed E-state index contributed by atoms with van der Waals surface area (Å²) < 4.78 is 5.52. The van der Waals surface area contributed by atoms with Crippen LogP contribution in [0.15, 0.2) is 54.6 Å². The summed E-state index contributed by atoms with van der Waals surface area (Å²) in [5, 5.41) is 5.93. The molecule has 2 aromatic rings. The Labute approximate surface area is 253 Å². The number of hydrogen-bond donors (Lipinski definition) is 2. The Kier molecular flexibility index (Phi) is 14.6. The number of unbranched alkanes of at least 4 members (excludes halogenated alkanes) is 5. The van der Waals surface area contributed by atoms with Gasteiger partial charge in [-0.05, 0) is 51.2 Å². The maximum Gasteiger partial charge on any atom is 0.408 e. The second-order valence-electron chi connectivity index (χ2n) is 12.3. The minimum Gasteiger partial charge on any atom is -0.444 e. The Morgan fingerprint density at radius 1 is 0.881 bits per heavy atom. The zero-order chi connectivity index (χ0) is 31.1. The van der Waals surface area contributed by atoms with E-state index in [0.29, 0.717) is 19.5 Å². The SMILES string of the molecule is CCCCCCCCN(C(=O)C(NC(=O)OC(C)(C)C)C(C)CC)C(C(=O)NCc1ccccc1)c1ccc(C)cc1. The number of amides is 3. The van der Waals surface area contributed by atoms with Crippen molar-refractivity contribution < 1.29 is 19.1 Å². The standard InChI is InChI=1S/C35H53N3O4/c1-8-10-11-12-13-17-24-38(33(40)30(27(4)9-2)37-34(41)42-35(5,6)7)31(29-22-20-26(3)21-23-29)32(39)36-25-28-18-15-14-16-19-28/h14-16,18-23,27,30-31H,8-13,17,24-25H2,1-7H3,(H,36,39)(H,37,41). The van der Waals surface area contributed by atoms with E-state index in [4.69, 9.17) is 4.74 Å². The number of carbonyl (C=O) groups excluding carboxylic acids is 3. The molecule has 42 heavy (non-hydrogen) atoms. The van der Waals surface area contributed by atoms with Crippen LogP contribution in [0.25, 0.3) is 0 Å². The molecule has 2 aromatic carbocycles. The molecule has 0 aromatic heterocycles. The van der Waals surface area contributed by atoms with Crippen LogP contribution in [0.2, 0.25) is 0 Å². The molecule has 0 saturated heterocycles. The van der Waals surface area contributed by atoms with Gasteiger partial charge in [0.15, 0.2) is 0 Å². The van der Waals surface area contributed by atoms with Crippen molar-refractivity contribution in [3.8, 4) is 0 Å². The quantitative estimate of drug-likeness (QED) is 0.202. The fourth-order valence-electron chi connectivity index (χ4n) is 4.83. The average molecular weight is 580 g/mol. The topological polar surface area (TPSA) is 87.7 Å². The lowest BCUT2D eigenvalue weighted by Crippen LogP contribution is -2.55. The van der Waals surface area contributed by atoms with Crippen molar-refractivity contribution in [1.29, 1.82) is 0 Å². The number of rotatable bonds is 16. The molecule has 0 radical (unpaired) electrons. The first-order valence-electron chi connectivity index (χ1n) is 15.6. The van der Waals surface area contributed by atoms with Crippen molar-refractivity contribution in [1.82, 2.24) is 15.5 Å². The molecular weight excluding hydrogens is 526 g/mol. The third kappa shape index (κ3) is 11.9.